The number of benzene rings is 1. The topological polar surface area (TPSA) is 70.1 Å². The van der Waals surface area contributed by atoms with Crippen molar-refractivity contribution in [2.45, 2.75) is 58.2 Å². The van der Waals surface area contributed by atoms with Crippen molar-refractivity contribution >= 4 is 23.8 Å². The minimum absolute atomic E-state index is 0.133. The molecule has 0 bridgehead atoms. The number of carbonyl (C=O) groups excluding carboxylic acids is 1. The van der Waals surface area contributed by atoms with E-state index in [9.17, 15) is 14.7 Å². The highest BCUT2D eigenvalue weighted by molar-refractivity contribution is 6.30. The first kappa shape index (κ1) is 18.8. The van der Waals surface area contributed by atoms with E-state index in [-0.39, 0.29) is 12.1 Å². The average molecular weight is 381 g/mol. The predicted molar refractivity (Wildman–Crippen MR) is 98.5 cm³/mol. The molecule has 0 aromatic heterocycles. The lowest BCUT2D eigenvalue weighted by atomic mass is 9.90. The Morgan fingerprint density at radius 2 is 2.00 bits per heavy atom. The smallest absolute Gasteiger partial charge is 0.410 e. The molecular weight excluding hydrogens is 356 g/mol. The summed E-state index contributed by atoms with van der Waals surface area (Å²) in [6, 6.07) is 3.65. The fourth-order valence-corrected chi connectivity index (χ4v) is 4.00. The Bertz CT molecular complexity index is 729. The molecule has 2 aliphatic heterocycles. The van der Waals surface area contributed by atoms with Crippen LogP contribution in [0.5, 0.6) is 0 Å². The van der Waals surface area contributed by atoms with Crippen molar-refractivity contribution in [3.63, 3.8) is 0 Å². The lowest BCUT2D eigenvalue weighted by Crippen LogP contribution is -2.38. The van der Waals surface area contributed by atoms with Gasteiger partial charge in [-0.3, -0.25) is 0 Å². The summed E-state index contributed by atoms with van der Waals surface area (Å²) in [6.45, 7) is 6.97. The molecule has 1 N–H and O–H groups in total. The van der Waals surface area contributed by atoms with Gasteiger partial charge in [-0.25, -0.2) is 9.59 Å². The number of amides is 2. The van der Waals surface area contributed by atoms with Crippen LogP contribution < -0.4 is 0 Å². The molecule has 0 radical (unpaired) electrons. The van der Waals surface area contributed by atoms with Crippen LogP contribution in [0, 0.1) is 0 Å². The first-order valence-corrected chi connectivity index (χ1v) is 9.32. The number of likely N-dealkylation sites (tertiary alicyclic amines) is 1. The van der Waals surface area contributed by atoms with Gasteiger partial charge in [0.15, 0.2) is 0 Å². The van der Waals surface area contributed by atoms with Crippen molar-refractivity contribution < 1.29 is 19.4 Å². The molecule has 0 spiro atoms. The summed E-state index contributed by atoms with van der Waals surface area (Å²) in [6.07, 6.45) is 1.08. The van der Waals surface area contributed by atoms with Gasteiger partial charge in [-0.05, 0) is 68.9 Å². The third-order valence-corrected chi connectivity index (χ3v) is 5.07. The summed E-state index contributed by atoms with van der Waals surface area (Å²) < 4.78 is 5.56. The SMILES string of the molecule is CC(C)(C)OC(=O)N1CCC[C@H]1c1cc(Cl)cc2c1CN(C(=O)O)CC2. The van der Waals surface area contributed by atoms with Gasteiger partial charge in [0.1, 0.15) is 5.60 Å². The molecule has 1 fully saturated rings. The van der Waals surface area contributed by atoms with Crippen molar-refractivity contribution in [3.05, 3.63) is 33.8 Å². The summed E-state index contributed by atoms with van der Waals surface area (Å²) in [5.74, 6) is 0. The van der Waals surface area contributed by atoms with Crippen LogP contribution in [-0.2, 0) is 17.7 Å². The zero-order valence-electron chi connectivity index (χ0n) is 15.4. The van der Waals surface area contributed by atoms with Crippen molar-refractivity contribution in [1.82, 2.24) is 9.80 Å². The number of nitrogens with zero attached hydrogens (tertiary/aromatic N) is 2. The second-order valence-corrected chi connectivity index (χ2v) is 8.36. The largest absolute Gasteiger partial charge is 0.465 e. The Labute approximate surface area is 158 Å². The third-order valence-electron chi connectivity index (χ3n) is 4.85. The summed E-state index contributed by atoms with van der Waals surface area (Å²) in [7, 11) is 0. The van der Waals surface area contributed by atoms with Crippen molar-refractivity contribution in [3.8, 4) is 0 Å². The van der Waals surface area contributed by atoms with Gasteiger partial charge in [0, 0.05) is 24.7 Å². The molecule has 0 unspecified atom stereocenters. The normalized spacial score (nSPS) is 20.1. The van der Waals surface area contributed by atoms with Crippen molar-refractivity contribution in [1.29, 1.82) is 0 Å². The van der Waals surface area contributed by atoms with E-state index >= 15 is 0 Å². The second kappa shape index (κ2) is 6.99. The predicted octanol–water partition coefficient (Wildman–Crippen LogP) is 4.45. The number of hydrogen-bond donors (Lipinski definition) is 1. The molecule has 1 atom stereocenters. The van der Waals surface area contributed by atoms with Crippen LogP contribution >= 0.6 is 11.6 Å². The lowest BCUT2D eigenvalue weighted by Gasteiger charge is -2.33. The van der Waals surface area contributed by atoms with E-state index in [1.165, 1.54) is 4.90 Å². The van der Waals surface area contributed by atoms with Crippen LogP contribution in [0.2, 0.25) is 5.02 Å². The van der Waals surface area contributed by atoms with Crippen molar-refractivity contribution in [2.75, 3.05) is 13.1 Å². The lowest BCUT2D eigenvalue weighted by molar-refractivity contribution is 0.0223. The summed E-state index contributed by atoms with van der Waals surface area (Å²) in [4.78, 5) is 27.2. The van der Waals surface area contributed by atoms with E-state index in [1.54, 1.807) is 4.90 Å². The summed E-state index contributed by atoms with van der Waals surface area (Å²) >= 11 is 6.33. The number of rotatable bonds is 1. The molecule has 0 aliphatic carbocycles. The Hall–Kier alpha value is -1.95. The fourth-order valence-electron chi connectivity index (χ4n) is 3.75. The monoisotopic (exact) mass is 380 g/mol. The molecule has 26 heavy (non-hydrogen) atoms. The summed E-state index contributed by atoms with van der Waals surface area (Å²) in [5, 5.41) is 9.98. The molecule has 2 aliphatic rings. The molecule has 6 nitrogen and oxygen atoms in total. The van der Waals surface area contributed by atoms with Gasteiger partial charge < -0.3 is 19.6 Å². The molecular formula is C19H25ClN2O4. The highest BCUT2D eigenvalue weighted by atomic mass is 35.5. The minimum Gasteiger partial charge on any atom is -0.465 e. The van der Waals surface area contributed by atoms with E-state index in [0.29, 0.717) is 31.1 Å². The third kappa shape index (κ3) is 3.90. The maximum Gasteiger partial charge on any atom is 0.410 e. The van der Waals surface area contributed by atoms with Gasteiger partial charge >= 0.3 is 12.2 Å². The fraction of sp³-hybridized carbons (Fsp3) is 0.579. The number of ether oxygens (including phenoxy) is 1. The maximum atomic E-state index is 12.6. The highest BCUT2D eigenvalue weighted by Gasteiger charge is 2.36. The number of fused-ring (bicyclic) bond motifs is 1. The molecule has 1 aromatic rings. The maximum absolute atomic E-state index is 12.6. The molecule has 1 saturated heterocycles. The zero-order chi connectivity index (χ0) is 19.1. The highest BCUT2D eigenvalue weighted by Crippen LogP contribution is 2.39. The first-order chi connectivity index (χ1) is 12.2. The van der Waals surface area contributed by atoms with Crippen molar-refractivity contribution in [2.24, 2.45) is 0 Å². The van der Waals surface area contributed by atoms with Gasteiger partial charge in [0.05, 0.1) is 6.04 Å². The number of hydrogen-bond acceptors (Lipinski definition) is 3. The van der Waals surface area contributed by atoms with Crippen LogP contribution in [-0.4, -0.2) is 45.8 Å². The standard InChI is InChI=1S/C19H25ClN2O4/c1-19(2,3)26-18(25)22-7-4-5-16(22)14-10-13(20)9-12-6-8-21(17(23)24)11-15(12)14/h9-10,16H,4-8,11H2,1-3H3,(H,23,24)/t16-/m0/s1. The molecule has 0 saturated carbocycles. The Kier molecular flexibility index (Phi) is 5.06. The Morgan fingerprint density at radius 3 is 2.65 bits per heavy atom. The molecule has 2 amide bonds. The second-order valence-electron chi connectivity index (χ2n) is 7.92. The Morgan fingerprint density at radius 1 is 1.27 bits per heavy atom. The molecule has 7 heteroatoms. The van der Waals surface area contributed by atoms with E-state index in [2.05, 4.69) is 0 Å². The number of carboxylic acid groups (broad SMARTS) is 1. The van der Waals surface area contributed by atoms with E-state index in [1.807, 2.05) is 32.9 Å². The molecule has 1 aromatic carbocycles. The number of carbonyl (C=O) groups is 2. The first-order valence-electron chi connectivity index (χ1n) is 8.94. The van der Waals surface area contributed by atoms with Crippen LogP contribution in [0.4, 0.5) is 9.59 Å². The quantitative estimate of drug-likeness (QED) is 0.781. The van der Waals surface area contributed by atoms with Gasteiger partial charge in [-0.2, -0.15) is 0 Å². The van der Waals surface area contributed by atoms with Crippen LogP contribution in [0.1, 0.15) is 56.3 Å². The van der Waals surface area contributed by atoms with Gasteiger partial charge in [0.25, 0.3) is 0 Å². The van der Waals surface area contributed by atoms with E-state index < -0.39 is 11.7 Å². The van der Waals surface area contributed by atoms with E-state index in [0.717, 1.165) is 29.5 Å². The Balaban J connectivity index is 1.94. The van der Waals surface area contributed by atoms with Gasteiger partial charge in [-0.1, -0.05) is 11.6 Å². The van der Waals surface area contributed by atoms with Crippen LogP contribution in [0.25, 0.3) is 0 Å². The van der Waals surface area contributed by atoms with Gasteiger partial charge in [0.2, 0.25) is 0 Å². The molecule has 3 rings (SSSR count). The zero-order valence-corrected chi connectivity index (χ0v) is 16.2. The molecule has 142 valence electrons. The van der Waals surface area contributed by atoms with E-state index in [4.69, 9.17) is 16.3 Å². The van der Waals surface area contributed by atoms with Crippen LogP contribution in [0.3, 0.4) is 0 Å². The molecule has 2 heterocycles. The number of halogens is 1. The summed E-state index contributed by atoms with van der Waals surface area (Å²) in [5.41, 5.74) is 2.43. The van der Waals surface area contributed by atoms with Crippen LogP contribution in [0.15, 0.2) is 12.1 Å². The van der Waals surface area contributed by atoms with Gasteiger partial charge in [-0.15, -0.1) is 0 Å². The minimum atomic E-state index is -0.924. The average Bonchev–Trinajstić information content (AvgIpc) is 3.01.